The van der Waals surface area contributed by atoms with Crippen LogP contribution in [0.5, 0.6) is 0 Å². The first-order valence-corrected chi connectivity index (χ1v) is 6.75. The van der Waals surface area contributed by atoms with Crippen molar-refractivity contribution < 1.29 is 0 Å². The van der Waals surface area contributed by atoms with E-state index in [9.17, 15) is 0 Å². The standard InChI is InChI=1S/C9H9N.C7H16/c1-7-3-2-4-9-8(7)5-6-10-9;1-4-7(5-2)6-3/h2-6,10H,1H3;7H,4-6H2,1-3H3. The number of aryl methyl sites for hydroxylation is 1. The third-order valence-electron chi connectivity index (χ3n) is 3.55. The van der Waals surface area contributed by atoms with Gasteiger partial charge in [0.2, 0.25) is 0 Å². The van der Waals surface area contributed by atoms with Crippen molar-refractivity contribution in [3.8, 4) is 0 Å². The van der Waals surface area contributed by atoms with Gasteiger partial charge in [0, 0.05) is 17.1 Å². The van der Waals surface area contributed by atoms with Gasteiger partial charge in [0.25, 0.3) is 0 Å². The van der Waals surface area contributed by atoms with Gasteiger partial charge in [-0.2, -0.15) is 0 Å². The summed E-state index contributed by atoms with van der Waals surface area (Å²) in [5.41, 5.74) is 2.55. The Kier molecular flexibility index (Phi) is 5.82. The number of hydrogen-bond donors (Lipinski definition) is 1. The van der Waals surface area contributed by atoms with E-state index in [1.807, 2.05) is 6.20 Å². The minimum Gasteiger partial charge on any atom is -0.361 e. The maximum absolute atomic E-state index is 3.16. The van der Waals surface area contributed by atoms with Crippen LogP contribution in [0.25, 0.3) is 10.9 Å². The fourth-order valence-electron chi connectivity index (χ4n) is 2.11. The number of nitrogens with one attached hydrogen (secondary N) is 1. The molecule has 0 fully saturated rings. The Morgan fingerprint density at radius 1 is 1.00 bits per heavy atom. The van der Waals surface area contributed by atoms with Crippen LogP contribution in [-0.4, -0.2) is 4.98 Å². The molecule has 1 heteroatoms. The summed E-state index contributed by atoms with van der Waals surface area (Å²) in [6.45, 7) is 8.91. The molecule has 0 aliphatic heterocycles. The molecule has 94 valence electrons. The molecule has 1 heterocycles. The van der Waals surface area contributed by atoms with Crippen LogP contribution in [0.3, 0.4) is 0 Å². The normalized spacial score (nSPS) is 10.4. The molecule has 0 atom stereocenters. The highest BCUT2D eigenvalue weighted by Gasteiger charge is 1.95. The Balaban J connectivity index is 0.000000185. The summed E-state index contributed by atoms with van der Waals surface area (Å²) in [6.07, 6.45) is 6.03. The van der Waals surface area contributed by atoms with Gasteiger partial charge in [-0.3, -0.25) is 0 Å². The molecule has 0 unspecified atom stereocenters. The fourth-order valence-corrected chi connectivity index (χ4v) is 2.11. The van der Waals surface area contributed by atoms with Gasteiger partial charge in [-0.1, -0.05) is 52.2 Å². The molecule has 0 amide bonds. The van der Waals surface area contributed by atoms with E-state index in [2.05, 4.69) is 56.9 Å². The van der Waals surface area contributed by atoms with E-state index in [0.717, 1.165) is 5.92 Å². The molecule has 1 N–H and O–H groups in total. The fraction of sp³-hybridized carbons (Fsp3) is 0.500. The van der Waals surface area contributed by atoms with Crippen LogP contribution in [0.2, 0.25) is 0 Å². The summed E-state index contributed by atoms with van der Waals surface area (Å²) in [5.74, 6) is 0.986. The predicted molar refractivity (Wildman–Crippen MR) is 77.4 cm³/mol. The average molecular weight is 231 g/mol. The van der Waals surface area contributed by atoms with Crippen molar-refractivity contribution in [2.24, 2.45) is 5.92 Å². The SMILES string of the molecule is CCC(CC)CC.Cc1cccc2[nH]ccc12. The van der Waals surface area contributed by atoms with Crippen molar-refractivity contribution in [1.29, 1.82) is 0 Å². The van der Waals surface area contributed by atoms with E-state index in [4.69, 9.17) is 0 Å². The summed E-state index contributed by atoms with van der Waals surface area (Å²) >= 11 is 0. The van der Waals surface area contributed by atoms with Crippen LogP contribution in [-0.2, 0) is 0 Å². The van der Waals surface area contributed by atoms with E-state index >= 15 is 0 Å². The lowest BCUT2D eigenvalue weighted by Gasteiger charge is -2.05. The second-order valence-corrected chi connectivity index (χ2v) is 4.60. The number of aromatic amines is 1. The highest BCUT2D eigenvalue weighted by Crippen LogP contribution is 2.15. The molecule has 2 rings (SSSR count). The molecule has 1 nitrogen and oxygen atoms in total. The number of aromatic nitrogens is 1. The Labute approximate surface area is 105 Å². The average Bonchev–Trinajstić information content (AvgIpc) is 2.82. The van der Waals surface area contributed by atoms with Crippen LogP contribution >= 0.6 is 0 Å². The first kappa shape index (κ1) is 13.8. The second kappa shape index (κ2) is 7.16. The van der Waals surface area contributed by atoms with Gasteiger partial charge in [-0.25, -0.2) is 0 Å². The number of hydrogen-bond acceptors (Lipinski definition) is 0. The second-order valence-electron chi connectivity index (χ2n) is 4.60. The molecule has 0 saturated heterocycles. The molecule has 0 spiro atoms. The quantitative estimate of drug-likeness (QED) is 0.737. The third-order valence-corrected chi connectivity index (χ3v) is 3.55. The first-order valence-electron chi connectivity index (χ1n) is 6.75. The monoisotopic (exact) mass is 231 g/mol. The third kappa shape index (κ3) is 3.92. The van der Waals surface area contributed by atoms with Crippen molar-refractivity contribution >= 4 is 10.9 Å². The molecule has 1 aromatic carbocycles. The molecule has 1 aromatic heterocycles. The minimum absolute atomic E-state index is 0.986. The predicted octanol–water partition coefficient (Wildman–Crippen LogP) is 5.31. The molecule has 0 aliphatic rings. The van der Waals surface area contributed by atoms with Crippen molar-refractivity contribution in [3.63, 3.8) is 0 Å². The van der Waals surface area contributed by atoms with Crippen molar-refractivity contribution in [1.82, 2.24) is 4.98 Å². The molecular formula is C16H25N. The Morgan fingerprint density at radius 2 is 1.65 bits per heavy atom. The van der Waals surface area contributed by atoms with E-state index < -0.39 is 0 Å². The Hall–Kier alpha value is -1.24. The molecule has 0 bridgehead atoms. The van der Waals surface area contributed by atoms with Crippen LogP contribution in [0.1, 0.15) is 45.6 Å². The smallest absolute Gasteiger partial charge is 0.0456 e. The van der Waals surface area contributed by atoms with E-state index in [-0.39, 0.29) is 0 Å². The molecular weight excluding hydrogens is 206 g/mol. The lowest BCUT2D eigenvalue weighted by molar-refractivity contribution is 0.477. The molecule has 0 aliphatic carbocycles. The number of H-pyrrole nitrogens is 1. The summed E-state index contributed by atoms with van der Waals surface area (Å²) in [6, 6.07) is 8.37. The molecule has 17 heavy (non-hydrogen) atoms. The highest BCUT2D eigenvalue weighted by molar-refractivity contribution is 5.82. The number of fused-ring (bicyclic) bond motifs is 1. The molecule has 2 aromatic rings. The van der Waals surface area contributed by atoms with E-state index in [1.54, 1.807) is 0 Å². The zero-order valence-corrected chi connectivity index (χ0v) is 11.6. The number of rotatable bonds is 3. The molecule has 0 saturated carbocycles. The first-order chi connectivity index (χ1) is 8.22. The van der Waals surface area contributed by atoms with E-state index in [1.165, 1.54) is 35.7 Å². The van der Waals surface area contributed by atoms with Crippen molar-refractivity contribution in [2.75, 3.05) is 0 Å². The zero-order valence-electron chi connectivity index (χ0n) is 11.6. The van der Waals surface area contributed by atoms with Gasteiger partial charge >= 0.3 is 0 Å². The maximum atomic E-state index is 3.16. The van der Waals surface area contributed by atoms with Gasteiger partial charge in [0.15, 0.2) is 0 Å². The number of benzene rings is 1. The van der Waals surface area contributed by atoms with Gasteiger partial charge in [0.1, 0.15) is 0 Å². The minimum atomic E-state index is 0.986. The van der Waals surface area contributed by atoms with Crippen LogP contribution in [0.15, 0.2) is 30.5 Å². The summed E-state index contributed by atoms with van der Waals surface area (Å²) < 4.78 is 0. The highest BCUT2D eigenvalue weighted by atomic mass is 14.7. The largest absolute Gasteiger partial charge is 0.361 e. The van der Waals surface area contributed by atoms with Gasteiger partial charge < -0.3 is 4.98 Å². The van der Waals surface area contributed by atoms with E-state index in [0.29, 0.717) is 0 Å². The van der Waals surface area contributed by atoms with Crippen LogP contribution in [0, 0.1) is 12.8 Å². The maximum Gasteiger partial charge on any atom is 0.0456 e. The van der Waals surface area contributed by atoms with Gasteiger partial charge in [-0.15, -0.1) is 0 Å². The van der Waals surface area contributed by atoms with Gasteiger partial charge in [0.05, 0.1) is 0 Å². The lowest BCUT2D eigenvalue weighted by Crippen LogP contribution is -1.91. The van der Waals surface area contributed by atoms with Gasteiger partial charge in [-0.05, 0) is 30.5 Å². The topological polar surface area (TPSA) is 15.8 Å². The van der Waals surface area contributed by atoms with Crippen LogP contribution < -0.4 is 0 Å². The Bertz CT molecular complexity index is 418. The molecule has 0 radical (unpaired) electrons. The summed E-state index contributed by atoms with van der Waals surface area (Å²) in [5, 5.41) is 1.32. The van der Waals surface area contributed by atoms with Crippen molar-refractivity contribution in [2.45, 2.75) is 47.0 Å². The summed E-state index contributed by atoms with van der Waals surface area (Å²) in [4.78, 5) is 3.16. The Morgan fingerprint density at radius 3 is 2.12 bits per heavy atom. The lowest BCUT2D eigenvalue weighted by atomic mass is 10.0. The summed E-state index contributed by atoms with van der Waals surface area (Å²) in [7, 11) is 0. The van der Waals surface area contributed by atoms with Crippen molar-refractivity contribution in [3.05, 3.63) is 36.0 Å². The van der Waals surface area contributed by atoms with Crippen LogP contribution in [0.4, 0.5) is 0 Å². The zero-order chi connectivity index (χ0) is 12.7.